The monoisotopic (exact) mass is 353 g/mol. The maximum Gasteiger partial charge on any atom is 0.326 e. The molecule has 134 valence electrons. The number of hydrogen-bond acceptors (Lipinski definition) is 2. The summed E-state index contributed by atoms with van der Waals surface area (Å²) in [6, 6.07) is 13.6. The smallest absolute Gasteiger partial charge is 0.326 e. The van der Waals surface area contributed by atoms with Crippen LogP contribution in [0.3, 0.4) is 0 Å². The third kappa shape index (κ3) is 3.14. The number of nitrogens with zero attached hydrogens (tertiary/aromatic N) is 1. The van der Waals surface area contributed by atoms with Crippen LogP contribution in [0.4, 0.5) is 10.1 Å². The third-order valence-corrected chi connectivity index (χ3v) is 5.17. The molecule has 1 fully saturated rings. The van der Waals surface area contributed by atoms with E-state index >= 15 is 0 Å². The van der Waals surface area contributed by atoms with E-state index < -0.39 is 0 Å². The highest BCUT2D eigenvalue weighted by molar-refractivity contribution is 5.92. The second-order valence-corrected chi connectivity index (χ2v) is 6.82. The zero-order valence-electron chi connectivity index (χ0n) is 14.2. The van der Waals surface area contributed by atoms with Gasteiger partial charge in [-0.25, -0.2) is 9.18 Å². The highest BCUT2D eigenvalue weighted by Crippen LogP contribution is 2.33. The SMILES string of the molecule is O=c1[nH]c2ccccc2n1[C@H]1CC[C@@H](C(=O)Nc2ccc(F)cc2)CC1. The number of fused-ring (bicyclic) bond motifs is 1. The van der Waals surface area contributed by atoms with Gasteiger partial charge in [0.1, 0.15) is 5.82 Å². The first kappa shape index (κ1) is 16.6. The standard InChI is InChI=1S/C20H20FN3O2/c21-14-7-9-15(10-8-14)22-19(25)13-5-11-16(12-6-13)24-18-4-2-1-3-17(18)23-20(24)26/h1-4,7-10,13,16H,5-6,11-12H2,(H,22,25)(H,23,26)/t13-,16+. The van der Waals surface area contributed by atoms with Crippen LogP contribution in [0.5, 0.6) is 0 Å². The fourth-order valence-corrected chi connectivity index (χ4v) is 3.81. The van der Waals surface area contributed by atoms with E-state index in [1.807, 2.05) is 28.8 Å². The van der Waals surface area contributed by atoms with Gasteiger partial charge in [-0.15, -0.1) is 0 Å². The summed E-state index contributed by atoms with van der Waals surface area (Å²) in [7, 11) is 0. The van der Waals surface area contributed by atoms with E-state index in [0.717, 1.165) is 36.7 Å². The number of benzene rings is 2. The van der Waals surface area contributed by atoms with Crippen LogP contribution in [0.25, 0.3) is 11.0 Å². The first-order valence-corrected chi connectivity index (χ1v) is 8.87. The van der Waals surface area contributed by atoms with Gasteiger partial charge in [-0.2, -0.15) is 0 Å². The minimum Gasteiger partial charge on any atom is -0.326 e. The zero-order chi connectivity index (χ0) is 18.1. The number of amides is 1. The van der Waals surface area contributed by atoms with Gasteiger partial charge >= 0.3 is 5.69 Å². The quantitative estimate of drug-likeness (QED) is 0.751. The highest BCUT2D eigenvalue weighted by atomic mass is 19.1. The number of rotatable bonds is 3. The Bertz CT molecular complexity index is 982. The Hall–Kier alpha value is -2.89. The molecule has 2 N–H and O–H groups in total. The topological polar surface area (TPSA) is 66.9 Å². The summed E-state index contributed by atoms with van der Waals surface area (Å²) in [5.74, 6) is -0.453. The summed E-state index contributed by atoms with van der Waals surface area (Å²) in [6.07, 6.45) is 3.01. The predicted molar refractivity (Wildman–Crippen MR) is 98.6 cm³/mol. The predicted octanol–water partition coefficient (Wildman–Crippen LogP) is 3.84. The van der Waals surface area contributed by atoms with Crippen molar-refractivity contribution in [3.63, 3.8) is 0 Å². The van der Waals surface area contributed by atoms with Crippen molar-refractivity contribution in [2.75, 3.05) is 5.32 Å². The van der Waals surface area contributed by atoms with Crippen molar-refractivity contribution in [2.24, 2.45) is 5.92 Å². The van der Waals surface area contributed by atoms with E-state index in [9.17, 15) is 14.0 Å². The molecule has 3 aromatic rings. The normalized spacial score (nSPS) is 20.2. The number of carbonyl (C=O) groups excluding carboxylic acids is 1. The van der Waals surface area contributed by atoms with Crippen LogP contribution < -0.4 is 11.0 Å². The number of aromatic amines is 1. The van der Waals surface area contributed by atoms with Gasteiger partial charge in [-0.1, -0.05) is 12.1 Å². The van der Waals surface area contributed by atoms with Crippen LogP contribution in [-0.4, -0.2) is 15.5 Å². The lowest BCUT2D eigenvalue weighted by molar-refractivity contribution is -0.121. The maximum absolute atomic E-state index is 13.0. The molecule has 1 aromatic heterocycles. The van der Waals surface area contributed by atoms with E-state index in [4.69, 9.17) is 0 Å². The second-order valence-electron chi connectivity index (χ2n) is 6.82. The Morgan fingerprint density at radius 1 is 1.04 bits per heavy atom. The van der Waals surface area contributed by atoms with E-state index in [-0.39, 0.29) is 29.4 Å². The molecule has 1 heterocycles. The van der Waals surface area contributed by atoms with Crippen molar-refractivity contribution >= 4 is 22.6 Å². The Labute approximate surface area is 149 Å². The van der Waals surface area contributed by atoms with Gasteiger partial charge < -0.3 is 10.3 Å². The molecule has 5 nitrogen and oxygen atoms in total. The molecule has 0 bridgehead atoms. The number of nitrogens with one attached hydrogen (secondary N) is 2. The Morgan fingerprint density at radius 2 is 1.73 bits per heavy atom. The minimum absolute atomic E-state index is 0.0404. The molecule has 1 aliphatic rings. The molecule has 0 spiro atoms. The second kappa shape index (κ2) is 6.78. The Morgan fingerprint density at radius 3 is 2.46 bits per heavy atom. The number of halogens is 1. The molecule has 0 aliphatic heterocycles. The van der Waals surface area contributed by atoms with Crippen LogP contribution in [0.15, 0.2) is 53.3 Å². The number of H-pyrrole nitrogens is 1. The Kier molecular flexibility index (Phi) is 4.32. The first-order chi connectivity index (χ1) is 12.6. The fourth-order valence-electron chi connectivity index (χ4n) is 3.81. The van der Waals surface area contributed by atoms with Crippen LogP contribution in [0.2, 0.25) is 0 Å². The maximum atomic E-state index is 13.0. The lowest BCUT2D eigenvalue weighted by atomic mass is 9.85. The zero-order valence-corrected chi connectivity index (χ0v) is 14.2. The van der Waals surface area contributed by atoms with Crippen molar-refractivity contribution in [3.05, 3.63) is 64.8 Å². The van der Waals surface area contributed by atoms with Crippen molar-refractivity contribution in [3.8, 4) is 0 Å². The molecule has 4 rings (SSSR count). The molecule has 1 saturated carbocycles. The molecule has 0 unspecified atom stereocenters. The lowest BCUT2D eigenvalue weighted by Gasteiger charge is -2.28. The first-order valence-electron chi connectivity index (χ1n) is 8.87. The minimum atomic E-state index is -0.326. The van der Waals surface area contributed by atoms with E-state index in [0.29, 0.717) is 5.69 Å². The van der Waals surface area contributed by atoms with E-state index in [2.05, 4.69) is 10.3 Å². The van der Waals surface area contributed by atoms with Gasteiger partial charge in [-0.3, -0.25) is 9.36 Å². The average molecular weight is 353 g/mol. The van der Waals surface area contributed by atoms with Crippen LogP contribution in [-0.2, 0) is 4.79 Å². The number of para-hydroxylation sites is 2. The van der Waals surface area contributed by atoms with Crippen LogP contribution >= 0.6 is 0 Å². The highest BCUT2D eigenvalue weighted by Gasteiger charge is 2.28. The molecule has 6 heteroatoms. The molecule has 0 atom stereocenters. The van der Waals surface area contributed by atoms with Crippen molar-refractivity contribution < 1.29 is 9.18 Å². The summed E-state index contributed by atoms with van der Waals surface area (Å²) in [6.45, 7) is 0. The van der Waals surface area contributed by atoms with E-state index in [1.54, 1.807) is 12.1 Å². The molecule has 1 amide bonds. The molecule has 0 radical (unpaired) electrons. The van der Waals surface area contributed by atoms with Gasteiger partial charge in [0.15, 0.2) is 0 Å². The average Bonchev–Trinajstić information content (AvgIpc) is 2.99. The Balaban J connectivity index is 1.43. The number of anilines is 1. The summed E-state index contributed by atoms with van der Waals surface area (Å²) in [4.78, 5) is 27.7. The van der Waals surface area contributed by atoms with Crippen molar-refractivity contribution in [1.29, 1.82) is 0 Å². The van der Waals surface area contributed by atoms with Gasteiger partial charge in [0, 0.05) is 17.6 Å². The number of imidazole rings is 1. The lowest BCUT2D eigenvalue weighted by Crippen LogP contribution is -2.31. The van der Waals surface area contributed by atoms with Gasteiger partial charge in [0.25, 0.3) is 0 Å². The molecule has 0 saturated heterocycles. The van der Waals surface area contributed by atoms with E-state index in [1.165, 1.54) is 12.1 Å². The van der Waals surface area contributed by atoms with Gasteiger partial charge in [0.05, 0.1) is 11.0 Å². The number of hydrogen-bond donors (Lipinski definition) is 2. The van der Waals surface area contributed by atoms with Crippen molar-refractivity contribution in [2.45, 2.75) is 31.7 Å². The summed E-state index contributed by atoms with van der Waals surface area (Å²) in [5.41, 5.74) is 2.27. The summed E-state index contributed by atoms with van der Waals surface area (Å²) < 4.78 is 14.8. The van der Waals surface area contributed by atoms with Gasteiger partial charge in [0.2, 0.25) is 5.91 Å². The van der Waals surface area contributed by atoms with Gasteiger partial charge in [-0.05, 0) is 62.1 Å². The molecule has 1 aliphatic carbocycles. The number of aromatic nitrogens is 2. The van der Waals surface area contributed by atoms with Crippen LogP contribution in [0.1, 0.15) is 31.7 Å². The molecule has 26 heavy (non-hydrogen) atoms. The summed E-state index contributed by atoms with van der Waals surface area (Å²) >= 11 is 0. The largest absolute Gasteiger partial charge is 0.326 e. The van der Waals surface area contributed by atoms with Crippen LogP contribution in [0, 0.1) is 11.7 Å². The molecule has 2 aromatic carbocycles. The molecular weight excluding hydrogens is 333 g/mol. The summed E-state index contributed by atoms with van der Waals surface area (Å²) in [5, 5.41) is 2.85. The van der Waals surface area contributed by atoms with Crippen molar-refractivity contribution in [1.82, 2.24) is 9.55 Å². The number of carbonyl (C=O) groups is 1. The molecular formula is C20H20FN3O2. The third-order valence-electron chi connectivity index (χ3n) is 5.17. The fraction of sp³-hybridized carbons (Fsp3) is 0.300.